The maximum Gasteiger partial charge on any atom is 0.346 e. The van der Waals surface area contributed by atoms with Crippen molar-refractivity contribution in [3.8, 4) is 0 Å². The first-order valence-electron chi connectivity index (χ1n) is 7.26. The lowest BCUT2D eigenvalue weighted by molar-refractivity contribution is -0.205. The molecule has 0 aliphatic carbocycles. The number of carbonyl (C=O) groups is 2. The third-order valence-corrected chi connectivity index (χ3v) is 4.93. The highest BCUT2D eigenvalue weighted by molar-refractivity contribution is 8.01. The fraction of sp³-hybridized carbons (Fsp3) is 0.714. The van der Waals surface area contributed by atoms with Gasteiger partial charge in [0.2, 0.25) is 10.8 Å². The number of nitrogens with one attached hydrogen (secondary N) is 1. The maximum absolute atomic E-state index is 11.7. The van der Waals surface area contributed by atoms with E-state index in [9.17, 15) is 30.0 Å². The molecule has 1 heterocycles. The first-order chi connectivity index (χ1) is 11.2. The summed E-state index contributed by atoms with van der Waals surface area (Å²) in [4.78, 5) is 21.1. The molecule has 0 aromatic rings. The minimum absolute atomic E-state index is 0.204. The number of carboxylic acid groups (broad SMARTS) is 1. The van der Waals surface area contributed by atoms with Gasteiger partial charge in [-0.05, 0) is 0 Å². The molecule has 9 nitrogen and oxygen atoms in total. The molecule has 0 spiro atoms. The van der Waals surface area contributed by atoms with Crippen LogP contribution in [0.25, 0.3) is 0 Å². The number of aliphatic hydroxyl groups is 4. The van der Waals surface area contributed by atoms with Crippen LogP contribution in [0, 0.1) is 0 Å². The van der Waals surface area contributed by atoms with Gasteiger partial charge in [0.1, 0.15) is 18.3 Å². The van der Waals surface area contributed by atoms with Crippen molar-refractivity contribution in [2.45, 2.75) is 48.7 Å². The average molecular weight is 365 g/mol. The summed E-state index contributed by atoms with van der Waals surface area (Å²) in [6, 6.07) is -1.14. The molecule has 1 aliphatic rings. The van der Waals surface area contributed by atoms with Gasteiger partial charge in [-0.2, -0.15) is 0 Å². The van der Waals surface area contributed by atoms with Gasteiger partial charge in [0.25, 0.3) is 0 Å². The van der Waals surface area contributed by atoms with Crippen molar-refractivity contribution >= 4 is 23.6 Å². The highest BCUT2D eigenvalue weighted by Gasteiger charge is 2.54. The second kappa shape index (κ2) is 8.79. The molecule has 138 valence electrons. The first kappa shape index (κ1) is 20.9. The Morgan fingerprint density at radius 1 is 1.50 bits per heavy atom. The van der Waals surface area contributed by atoms with Crippen LogP contribution in [0.3, 0.4) is 0 Å². The summed E-state index contributed by atoms with van der Waals surface area (Å²) in [6.07, 6.45) is -5.02. The van der Waals surface area contributed by atoms with Crippen molar-refractivity contribution < 1.29 is 39.9 Å². The number of aliphatic hydroxyl groups excluding tert-OH is 4. The van der Waals surface area contributed by atoms with Crippen LogP contribution in [0.4, 0.5) is 0 Å². The quantitative estimate of drug-likeness (QED) is 0.269. The van der Waals surface area contributed by atoms with Crippen LogP contribution >= 0.6 is 11.8 Å². The van der Waals surface area contributed by atoms with Gasteiger partial charge in [0.15, 0.2) is 0 Å². The van der Waals surface area contributed by atoms with Crippen LogP contribution in [0.15, 0.2) is 12.7 Å². The van der Waals surface area contributed by atoms with Gasteiger partial charge >= 0.3 is 5.97 Å². The number of hydrogen-bond acceptors (Lipinski definition) is 8. The van der Waals surface area contributed by atoms with Crippen LogP contribution in [0.1, 0.15) is 13.3 Å². The van der Waals surface area contributed by atoms with Crippen LogP contribution < -0.4 is 5.32 Å². The Morgan fingerprint density at radius 2 is 2.12 bits per heavy atom. The molecule has 1 aliphatic heterocycles. The lowest BCUT2D eigenvalue weighted by atomic mass is 9.90. The molecule has 0 aromatic carbocycles. The lowest BCUT2D eigenvalue weighted by Crippen LogP contribution is -2.66. The molecule has 24 heavy (non-hydrogen) atoms. The third-order valence-electron chi connectivity index (χ3n) is 3.62. The summed E-state index contributed by atoms with van der Waals surface area (Å²) in [6.45, 7) is 3.88. The number of carboxylic acids is 1. The van der Waals surface area contributed by atoms with E-state index in [1.165, 1.54) is 13.0 Å². The Morgan fingerprint density at radius 3 is 2.58 bits per heavy atom. The Balaban J connectivity index is 3.18. The average Bonchev–Trinajstić information content (AvgIpc) is 2.53. The third kappa shape index (κ3) is 4.68. The van der Waals surface area contributed by atoms with Crippen molar-refractivity contribution in [3.63, 3.8) is 0 Å². The number of carbonyl (C=O) groups excluding carboxylic acids is 1. The molecule has 0 aromatic heterocycles. The highest BCUT2D eigenvalue weighted by atomic mass is 32.2. The second-order valence-corrected chi connectivity index (χ2v) is 6.76. The molecule has 1 fully saturated rings. The lowest BCUT2D eigenvalue weighted by Gasteiger charge is -2.46. The van der Waals surface area contributed by atoms with E-state index in [4.69, 9.17) is 9.84 Å². The van der Waals surface area contributed by atoms with Gasteiger partial charge in [0.05, 0.1) is 18.8 Å². The van der Waals surface area contributed by atoms with Gasteiger partial charge in [0, 0.05) is 19.1 Å². The summed E-state index contributed by atoms with van der Waals surface area (Å²) in [5.41, 5.74) is 0. The summed E-state index contributed by atoms with van der Waals surface area (Å²) < 4.78 is 5.53. The van der Waals surface area contributed by atoms with Crippen LogP contribution in [0.5, 0.6) is 0 Å². The van der Waals surface area contributed by atoms with Crippen molar-refractivity contribution in [2.24, 2.45) is 0 Å². The minimum atomic E-state index is -1.89. The van der Waals surface area contributed by atoms with Crippen LogP contribution in [-0.2, 0) is 14.3 Å². The zero-order valence-corrected chi connectivity index (χ0v) is 14.0. The minimum Gasteiger partial charge on any atom is -0.478 e. The Kier molecular flexibility index (Phi) is 7.64. The molecule has 6 N–H and O–H groups in total. The standard InChI is InChI=1S/C14H23NO8S/c1-3-4-24-14(13(21)22)5-8(18)10(15-7(2)17)12(23-14)11(20)9(19)6-16/h3,8-12,16,18-20H,1,4-6H2,2H3,(H,15,17)(H,21,22)/t8-,9+,10+,11+,12+,14-/m0/s1. The van der Waals surface area contributed by atoms with Gasteiger partial charge in [-0.25, -0.2) is 4.79 Å². The number of ether oxygens (including phenoxy) is 1. The van der Waals surface area contributed by atoms with E-state index < -0.39 is 53.9 Å². The number of thioether (sulfide) groups is 1. The van der Waals surface area contributed by atoms with E-state index in [2.05, 4.69) is 11.9 Å². The van der Waals surface area contributed by atoms with E-state index in [0.717, 1.165) is 11.8 Å². The van der Waals surface area contributed by atoms with Crippen molar-refractivity contribution in [1.29, 1.82) is 0 Å². The van der Waals surface area contributed by atoms with Gasteiger partial charge in [-0.3, -0.25) is 4.79 Å². The first-order valence-corrected chi connectivity index (χ1v) is 8.25. The van der Waals surface area contributed by atoms with Crippen LogP contribution in [-0.4, -0.2) is 85.2 Å². The summed E-state index contributed by atoms with van der Waals surface area (Å²) in [7, 11) is 0. The largest absolute Gasteiger partial charge is 0.478 e. The van der Waals surface area contributed by atoms with E-state index in [1.807, 2.05) is 0 Å². The van der Waals surface area contributed by atoms with Crippen molar-refractivity contribution in [3.05, 3.63) is 12.7 Å². The normalized spacial score (nSPS) is 32.6. The number of rotatable bonds is 8. The molecule has 0 radical (unpaired) electrons. The summed E-state index contributed by atoms with van der Waals surface area (Å²) >= 11 is 0.850. The fourth-order valence-corrected chi connectivity index (χ4v) is 3.45. The smallest absolute Gasteiger partial charge is 0.346 e. The van der Waals surface area contributed by atoms with E-state index in [1.54, 1.807) is 0 Å². The maximum atomic E-state index is 11.7. The van der Waals surface area contributed by atoms with Crippen molar-refractivity contribution in [1.82, 2.24) is 5.32 Å². The van der Waals surface area contributed by atoms with Gasteiger partial charge < -0.3 is 35.6 Å². The zero-order chi connectivity index (χ0) is 18.5. The van der Waals surface area contributed by atoms with Gasteiger partial charge in [-0.1, -0.05) is 6.08 Å². The predicted molar refractivity (Wildman–Crippen MR) is 85.2 cm³/mol. The van der Waals surface area contributed by atoms with E-state index in [0.29, 0.717) is 0 Å². The summed E-state index contributed by atoms with van der Waals surface area (Å²) in [5, 5.41) is 51.1. The molecule has 0 saturated carbocycles. The number of amides is 1. The Hall–Kier alpha value is -1.17. The van der Waals surface area contributed by atoms with Crippen molar-refractivity contribution in [2.75, 3.05) is 12.4 Å². The molecule has 1 saturated heterocycles. The van der Waals surface area contributed by atoms with E-state index >= 15 is 0 Å². The molecule has 10 heteroatoms. The van der Waals surface area contributed by atoms with E-state index in [-0.39, 0.29) is 12.2 Å². The number of aliphatic carboxylic acids is 1. The predicted octanol–water partition coefficient (Wildman–Crippen LogP) is -1.94. The molecular weight excluding hydrogens is 342 g/mol. The second-order valence-electron chi connectivity index (χ2n) is 5.48. The topological polar surface area (TPSA) is 157 Å². The molecule has 1 rings (SSSR count). The monoisotopic (exact) mass is 365 g/mol. The summed E-state index contributed by atoms with van der Waals surface area (Å²) in [5.74, 6) is -1.69. The Labute approximate surface area is 143 Å². The molecule has 1 amide bonds. The zero-order valence-electron chi connectivity index (χ0n) is 13.2. The SMILES string of the molecule is C=CCS[C@]1(C(=O)O)C[C@H](O)[C@@H](NC(C)=O)[C@H]([C@H](O)[C@H](O)CO)O1. The molecule has 0 bridgehead atoms. The molecule has 6 atom stereocenters. The van der Waals surface area contributed by atoms with Crippen LogP contribution in [0.2, 0.25) is 0 Å². The fourth-order valence-electron chi connectivity index (χ4n) is 2.47. The Bertz CT molecular complexity index is 476. The number of hydrogen-bond donors (Lipinski definition) is 6. The molecule has 0 unspecified atom stereocenters. The van der Waals surface area contributed by atoms with Gasteiger partial charge in [-0.15, -0.1) is 18.3 Å². The molecular formula is C14H23NO8S. The highest BCUT2D eigenvalue weighted by Crippen LogP contribution is 2.40.